The molecule has 0 radical (unpaired) electrons. The van der Waals surface area contributed by atoms with E-state index < -0.39 is 0 Å². The zero-order chi connectivity index (χ0) is 13.1. The highest BCUT2D eigenvalue weighted by atomic mass is 16.5. The number of rotatable bonds is 5. The molecule has 1 aromatic rings. The third kappa shape index (κ3) is 3.63. The SMILES string of the molecule is CCc1c(CC(C)(C)N)cc(OC)cc1OC. The lowest BCUT2D eigenvalue weighted by Gasteiger charge is -2.22. The molecule has 0 aliphatic heterocycles. The zero-order valence-corrected chi connectivity index (χ0v) is 11.5. The van der Waals surface area contributed by atoms with Crippen LogP contribution in [0, 0.1) is 0 Å². The van der Waals surface area contributed by atoms with E-state index in [1.807, 2.05) is 19.9 Å². The summed E-state index contributed by atoms with van der Waals surface area (Å²) >= 11 is 0. The van der Waals surface area contributed by atoms with Gasteiger partial charge in [-0.3, -0.25) is 0 Å². The Labute approximate surface area is 104 Å². The first-order valence-corrected chi connectivity index (χ1v) is 5.94. The van der Waals surface area contributed by atoms with Crippen LogP contribution in [0.3, 0.4) is 0 Å². The van der Waals surface area contributed by atoms with Crippen LogP contribution in [0.1, 0.15) is 31.9 Å². The molecule has 2 N–H and O–H groups in total. The van der Waals surface area contributed by atoms with Crippen LogP contribution in [-0.4, -0.2) is 19.8 Å². The lowest BCUT2D eigenvalue weighted by atomic mass is 9.91. The van der Waals surface area contributed by atoms with Crippen molar-refractivity contribution in [1.29, 1.82) is 0 Å². The molecule has 96 valence electrons. The van der Waals surface area contributed by atoms with Crippen molar-refractivity contribution in [2.75, 3.05) is 14.2 Å². The Morgan fingerprint density at radius 2 is 1.82 bits per heavy atom. The van der Waals surface area contributed by atoms with E-state index in [9.17, 15) is 0 Å². The highest BCUT2D eigenvalue weighted by Gasteiger charge is 2.17. The minimum atomic E-state index is -0.235. The highest BCUT2D eigenvalue weighted by Crippen LogP contribution is 2.30. The first-order valence-electron chi connectivity index (χ1n) is 5.94. The van der Waals surface area contributed by atoms with Crippen molar-refractivity contribution in [3.8, 4) is 11.5 Å². The fourth-order valence-electron chi connectivity index (χ4n) is 2.02. The lowest BCUT2D eigenvalue weighted by Crippen LogP contribution is -2.34. The molecular weight excluding hydrogens is 214 g/mol. The first kappa shape index (κ1) is 13.8. The Bertz CT molecular complexity index is 381. The zero-order valence-electron chi connectivity index (χ0n) is 11.5. The van der Waals surface area contributed by atoms with Crippen LogP contribution >= 0.6 is 0 Å². The predicted octanol–water partition coefficient (Wildman–Crippen LogP) is 2.55. The van der Waals surface area contributed by atoms with Crippen molar-refractivity contribution in [3.63, 3.8) is 0 Å². The van der Waals surface area contributed by atoms with Gasteiger partial charge in [-0.1, -0.05) is 6.92 Å². The molecule has 0 heterocycles. The average Bonchev–Trinajstić information content (AvgIpc) is 2.25. The predicted molar refractivity (Wildman–Crippen MR) is 70.9 cm³/mol. The number of benzene rings is 1. The minimum Gasteiger partial charge on any atom is -0.497 e. The molecule has 0 spiro atoms. The van der Waals surface area contributed by atoms with E-state index in [1.54, 1.807) is 14.2 Å². The van der Waals surface area contributed by atoms with E-state index in [0.717, 1.165) is 24.3 Å². The molecule has 0 bridgehead atoms. The van der Waals surface area contributed by atoms with Crippen molar-refractivity contribution in [1.82, 2.24) is 0 Å². The van der Waals surface area contributed by atoms with Gasteiger partial charge in [-0.05, 0) is 43.9 Å². The molecule has 0 aromatic heterocycles. The summed E-state index contributed by atoms with van der Waals surface area (Å²) in [5, 5.41) is 0. The molecule has 17 heavy (non-hydrogen) atoms. The van der Waals surface area contributed by atoms with Crippen molar-refractivity contribution < 1.29 is 9.47 Å². The van der Waals surface area contributed by atoms with Gasteiger partial charge in [0.25, 0.3) is 0 Å². The molecule has 3 heteroatoms. The second-order valence-electron chi connectivity index (χ2n) is 4.99. The van der Waals surface area contributed by atoms with Gasteiger partial charge in [0, 0.05) is 11.6 Å². The Kier molecular flexibility index (Phi) is 4.40. The maximum absolute atomic E-state index is 6.09. The van der Waals surface area contributed by atoms with Gasteiger partial charge in [0.2, 0.25) is 0 Å². The van der Waals surface area contributed by atoms with Crippen molar-refractivity contribution >= 4 is 0 Å². The van der Waals surface area contributed by atoms with Gasteiger partial charge in [-0.25, -0.2) is 0 Å². The molecule has 0 saturated heterocycles. The molecule has 0 saturated carbocycles. The summed E-state index contributed by atoms with van der Waals surface area (Å²) in [6.07, 6.45) is 1.74. The molecule has 0 aliphatic carbocycles. The van der Waals surface area contributed by atoms with Gasteiger partial charge in [0.05, 0.1) is 14.2 Å². The summed E-state index contributed by atoms with van der Waals surface area (Å²) < 4.78 is 10.7. The summed E-state index contributed by atoms with van der Waals surface area (Å²) in [7, 11) is 3.35. The molecular formula is C14H23NO2. The van der Waals surface area contributed by atoms with Crippen LogP contribution in [0.15, 0.2) is 12.1 Å². The highest BCUT2D eigenvalue weighted by molar-refractivity contribution is 5.47. The van der Waals surface area contributed by atoms with Crippen LogP contribution in [0.4, 0.5) is 0 Å². The van der Waals surface area contributed by atoms with Crippen LogP contribution < -0.4 is 15.2 Å². The third-order valence-corrected chi connectivity index (χ3v) is 2.73. The monoisotopic (exact) mass is 237 g/mol. The standard InChI is InChI=1S/C14H23NO2/c1-6-12-10(9-14(2,3)15)7-11(16-4)8-13(12)17-5/h7-8H,6,9,15H2,1-5H3. The van der Waals surface area contributed by atoms with E-state index in [2.05, 4.69) is 13.0 Å². The van der Waals surface area contributed by atoms with Crippen LogP contribution in [0.5, 0.6) is 11.5 Å². The normalized spacial score (nSPS) is 11.4. The van der Waals surface area contributed by atoms with Crippen LogP contribution in [0.25, 0.3) is 0 Å². The van der Waals surface area contributed by atoms with E-state index in [0.29, 0.717) is 0 Å². The summed E-state index contributed by atoms with van der Waals surface area (Å²) in [5.74, 6) is 1.70. The second-order valence-corrected chi connectivity index (χ2v) is 4.99. The molecule has 0 atom stereocenters. The third-order valence-electron chi connectivity index (χ3n) is 2.73. The van der Waals surface area contributed by atoms with Gasteiger partial charge in [-0.2, -0.15) is 0 Å². The minimum absolute atomic E-state index is 0.235. The maximum Gasteiger partial charge on any atom is 0.126 e. The summed E-state index contributed by atoms with van der Waals surface area (Å²) in [6.45, 7) is 6.17. The van der Waals surface area contributed by atoms with Gasteiger partial charge in [0.1, 0.15) is 11.5 Å². The molecule has 0 unspecified atom stereocenters. The smallest absolute Gasteiger partial charge is 0.126 e. The van der Waals surface area contributed by atoms with E-state index in [4.69, 9.17) is 15.2 Å². The van der Waals surface area contributed by atoms with Gasteiger partial charge < -0.3 is 15.2 Å². The number of hydrogen-bond donors (Lipinski definition) is 1. The van der Waals surface area contributed by atoms with Crippen LogP contribution in [0.2, 0.25) is 0 Å². The summed E-state index contributed by atoms with van der Waals surface area (Å²) in [5.41, 5.74) is 8.28. The fourth-order valence-corrected chi connectivity index (χ4v) is 2.02. The first-order chi connectivity index (χ1) is 7.91. The molecule has 1 aromatic carbocycles. The molecule has 3 nitrogen and oxygen atoms in total. The molecule has 0 aliphatic rings. The lowest BCUT2D eigenvalue weighted by molar-refractivity contribution is 0.388. The van der Waals surface area contributed by atoms with Gasteiger partial charge in [-0.15, -0.1) is 0 Å². The Balaban J connectivity index is 3.24. The van der Waals surface area contributed by atoms with E-state index in [1.165, 1.54) is 11.1 Å². The van der Waals surface area contributed by atoms with Crippen molar-refractivity contribution in [2.45, 2.75) is 39.2 Å². The van der Waals surface area contributed by atoms with Crippen molar-refractivity contribution in [2.24, 2.45) is 5.73 Å². The Morgan fingerprint density at radius 1 is 1.18 bits per heavy atom. The maximum atomic E-state index is 6.09. The van der Waals surface area contributed by atoms with Gasteiger partial charge in [0.15, 0.2) is 0 Å². The molecule has 0 fully saturated rings. The van der Waals surface area contributed by atoms with E-state index >= 15 is 0 Å². The van der Waals surface area contributed by atoms with Crippen molar-refractivity contribution in [3.05, 3.63) is 23.3 Å². The quantitative estimate of drug-likeness (QED) is 0.856. The Morgan fingerprint density at radius 3 is 2.24 bits per heavy atom. The average molecular weight is 237 g/mol. The molecule has 0 amide bonds. The van der Waals surface area contributed by atoms with Crippen LogP contribution in [-0.2, 0) is 12.8 Å². The number of methoxy groups -OCH3 is 2. The fraction of sp³-hybridized carbons (Fsp3) is 0.571. The number of hydrogen-bond acceptors (Lipinski definition) is 3. The van der Waals surface area contributed by atoms with E-state index in [-0.39, 0.29) is 5.54 Å². The summed E-state index contributed by atoms with van der Waals surface area (Å²) in [6, 6.07) is 3.97. The number of ether oxygens (including phenoxy) is 2. The van der Waals surface area contributed by atoms with Gasteiger partial charge >= 0.3 is 0 Å². The largest absolute Gasteiger partial charge is 0.497 e. The topological polar surface area (TPSA) is 44.5 Å². The Hall–Kier alpha value is -1.22. The second kappa shape index (κ2) is 5.41. The number of nitrogens with two attached hydrogens (primary N) is 1. The summed E-state index contributed by atoms with van der Waals surface area (Å²) in [4.78, 5) is 0. The molecule has 1 rings (SSSR count).